The van der Waals surface area contributed by atoms with E-state index in [0.717, 1.165) is 11.1 Å². The Bertz CT molecular complexity index is 797. The van der Waals surface area contributed by atoms with Gasteiger partial charge < -0.3 is 18.9 Å². The van der Waals surface area contributed by atoms with Gasteiger partial charge in [-0.3, -0.25) is 4.79 Å². The van der Waals surface area contributed by atoms with Crippen molar-refractivity contribution in [2.75, 3.05) is 27.4 Å². The van der Waals surface area contributed by atoms with Crippen molar-refractivity contribution in [1.29, 1.82) is 0 Å². The van der Waals surface area contributed by atoms with Gasteiger partial charge in [-0.25, -0.2) is 4.79 Å². The van der Waals surface area contributed by atoms with E-state index in [0.29, 0.717) is 22.8 Å². The Morgan fingerprint density at radius 2 is 1.62 bits per heavy atom. The molecule has 0 saturated heterocycles. The third kappa shape index (κ3) is 4.75. The first-order chi connectivity index (χ1) is 12.5. The molecule has 0 bridgehead atoms. The number of rotatable bonds is 8. The number of hydrogen-bond donors (Lipinski definition) is 0. The molecule has 0 radical (unpaired) electrons. The van der Waals surface area contributed by atoms with Crippen molar-refractivity contribution in [3.8, 4) is 17.2 Å². The van der Waals surface area contributed by atoms with Crippen molar-refractivity contribution >= 4 is 11.8 Å². The van der Waals surface area contributed by atoms with Crippen molar-refractivity contribution in [2.45, 2.75) is 13.8 Å². The average molecular weight is 358 g/mol. The zero-order valence-corrected chi connectivity index (χ0v) is 15.3. The number of esters is 1. The monoisotopic (exact) mass is 358 g/mol. The van der Waals surface area contributed by atoms with Crippen LogP contribution in [-0.2, 0) is 9.53 Å². The molecule has 0 N–H and O–H groups in total. The zero-order valence-electron chi connectivity index (χ0n) is 15.3. The predicted molar refractivity (Wildman–Crippen MR) is 96.2 cm³/mol. The highest BCUT2D eigenvalue weighted by atomic mass is 16.6. The fourth-order valence-corrected chi connectivity index (χ4v) is 2.30. The third-order valence-corrected chi connectivity index (χ3v) is 3.97. The lowest BCUT2D eigenvalue weighted by Crippen LogP contribution is -2.19. The molecule has 6 heteroatoms. The van der Waals surface area contributed by atoms with E-state index >= 15 is 0 Å². The number of benzene rings is 2. The molecule has 138 valence electrons. The van der Waals surface area contributed by atoms with Crippen molar-refractivity contribution in [2.24, 2.45) is 0 Å². The van der Waals surface area contributed by atoms with Gasteiger partial charge in [0.15, 0.2) is 30.5 Å². The van der Waals surface area contributed by atoms with Crippen LogP contribution >= 0.6 is 0 Å². The summed E-state index contributed by atoms with van der Waals surface area (Å²) in [5, 5.41) is 0. The molecule has 6 nitrogen and oxygen atoms in total. The quantitative estimate of drug-likeness (QED) is 0.533. The lowest BCUT2D eigenvalue weighted by Gasteiger charge is -2.11. The van der Waals surface area contributed by atoms with Crippen molar-refractivity contribution in [3.63, 3.8) is 0 Å². The van der Waals surface area contributed by atoms with Gasteiger partial charge >= 0.3 is 5.97 Å². The summed E-state index contributed by atoms with van der Waals surface area (Å²) in [6.45, 7) is 3.24. The van der Waals surface area contributed by atoms with Gasteiger partial charge in [-0.15, -0.1) is 0 Å². The van der Waals surface area contributed by atoms with E-state index < -0.39 is 5.97 Å². The van der Waals surface area contributed by atoms with Gasteiger partial charge in [0.05, 0.1) is 14.2 Å². The van der Waals surface area contributed by atoms with Crippen LogP contribution < -0.4 is 14.2 Å². The summed E-state index contributed by atoms with van der Waals surface area (Å²) in [5.41, 5.74) is 2.40. The van der Waals surface area contributed by atoms with E-state index in [1.165, 1.54) is 14.2 Å². The fourth-order valence-electron chi connectivity index (χ4n) is 2.30. The summed E-state index contributed by atoms with van der Waals surface area (Å²) >= 11 is 0. The molecule has 0 atom stereocenters. The topological polar surface area (TPSA) is 71.1 Å². The van der Waals surface area contributed by atoms with Crippen LogP contribution in [0.3, 0.4) is 0 Å². The molecule has 0 unspecified atom stereocenters. The fraction of sp³-hybridized carbons (Fsp3) is 0.300. The van der Waals surface area contributed by atoms with Crippen LogP contribution in [0.25, 0.3) is 0 Å². The van der Waals surface area contributed by atoms with E-state index in [4.69, 9.17) is 18.9 Å². The lowest BCUT2D eigenvalue weighted by molar-refractivity contribution is -0.144. The first kappa shape index (κ1) is 19.3. The minimum absolute atomic E-state index is 0.260. The first-order valence-corrected chi connectivity index (χ1v) is 8.06. The molecular weight excluding hydrogens is 336 g/mol. The summed E-state index contributed by atoms with van der Waals surface area (Å²) in [4.78, 5) is 24.0. The largest absolute Gasteiger partial charge is 0.493 e. The second-order valence-corrected chi connectivity index (χ2v) is 5.64. The molecule has 0 fully saturated rings. The molecular formula is C20H22O6. The number of Topliss-reactive ketones (excluding diaryl/α,β-unsaturated/α-hetero) is 1. The zero-order chi connectivity index (χ0) is 19.1. The van der Waals surface area contributed by atoms with Crippen LogP contribution in [0.4, 0.5) is 0 Å². The van der Waals surface area contributed by atoms with E-state index in [2.05, 4.69) is 0 Å². The van der Waals surface area contributed by atoms with Gasteiger partial charge in [0.2, 0.25) is 0 Å². The number of carbonyl (C=O) groups is 2. The maximum absolute atomic E-state index is 12.2. The summed E-state index contributed by atoms with van der Waals surface area (Å²) < 4.78 is 20.7. The summed E-state index contributed by atoms with van der Waals surface area (Å²) in [6, 6.07) is 10.3. The maximum Gasteiger partial charge on any atom is 0.344 e. The molecule has 0 heterocycles. The summed E-state index contributed by atoms with van der Waals surface area (Å²) in [6.07, 6.45) is 0. The number of ketones is 1. The first-order valence-electron chi connectivity index (χ1n) is 8.06. The summed E-state index contributed by atoms with van der Waals surface area (Å²) in [5.74, 6) is 0.616. The molecule has 0 aliphatic carbocycles. The van der Waals surface area contributed by atoms with Crippen LogP contribution in [0.15, 0.2) is 36.4 Å². The SMILES string of the molecule is COc1ccc(C(=O)COC(=O)COc2cccc(C)c2C)cc1OC. The molecule has 0 spiro atoms. The molecule has 2 aromatic carbocycles. The van der Waals surface area contributed by atoms with E-state index in [1.54, 1.807) is 24.3 Å². The number of ether oxygens (including phenoxy) is 4. The molecule has 0 aromatic heterocycles. The van der Waals surface area contributed by atoms with Crippen LogP contribution in [0.1, 0.15) is 21.5 Å². The lowest BCUT2D eigenvalue weighted by atomic mass is 10.1. The van der Waals surface area contributed by atoms with Gasteiger partial charge in [0.25, 0.3) is 0 Å². The highest BCUT2D eigenvalue weighted by Crippen LogP contribution is 2.27. The van der Waals surface area contributed by atoms with Crippen molar-refractivity contribution in [1.82, 2.24) is 0 Å². The van der Waals surface area contributed by atoms with Crippen molar-refractivity contribution < 1.29 is 28.5 Å². The minimum atomic E-state index is -0.611. The van der Waals surface area contributed by atoms with E-state index in [-0.39, 0.29) is 19.0 Å². The maximum atomic E-state index is 12.2. The Morgan fingerprint density at radius 3 is 2.31 bits per heavy atom. The highest BCUT2D eigenvalue weighted by molar-refractivity contribution is 5.98. The molecule has 2 aromatic rings. The third-order valence-electron chi connectivity index (χ3n) is 3.97. The van der Waals surface area contributed by atoms with Crippen LogP contribution in [0, 0.1) is 13.8 Å². The Labute approximate surface area is 152 Å². The predicted octanol–water partition coefficient (Wildman–Crippen LogP) is 3.13. The number of carbonyl (C=O) groups excluding carboxylic acids is 2. The van der Waals surface area contributed by atoms with Gasteiger partial charge in [0, 0.05) is 5.56 Å². The molecule has 0 saturated carbocycles. The smallest absolute Gasteiger partial charge is 0.344 e. The number of aryl methyl sites for hydroxylation is 1. The van der Waals surface area contributed by atoms with Gasteiger partial charge in [-0.05, 0) is 49.2 Å². The molecule has 0 aliphatic heterocycles. The summed E-state index contributed by atoms with van der Waals surface area (Å²) in [7, 11) is 2.99. The molecule has 2 rings (SSSR count). The normalized spacial score (nSPS) is 10.2. The van der Waals surface area contributed by atoms with Crippen LogP contribution in [0.5, 0.6) is 17.2 Å². The van der Waals surface area contributed by atoms with Gasteiger partial charge in [-0.2, -0.15) is 0 Å². The number of methoxy groups -OCH3 is 2. The second-order valence-electron chi connectivity index (χ2n) is 5.64. The van der Waals surface area contributed by atoms with Crippen LogP contribution in [0.2, 0.25) is 0 Å². The Kier molecular flexibility index (Phi) is 6.60. The minimum Gasteiger partial charge on any atom is -0.493 e. The molecule has 0 amide bonds. The Morgan fingerprint density at radius 1 is 0.885 bits per heavy atom. The van der Waals surface area contributed by atoms with Gasteiger partial charge in [0.1, 0.15) is 5.75 Å². The van der Waals surface area contributed by atoms with Crippen LogP contribution in [-0.4, -0.2) is 39.2 Å². The van der Waals surface area contributed by atoms with Gasteiger partial charge in [-0.1, -0.05) is 12.1 Å². The standard InChI is InChI=1S/C20H22O6/c1-13-6-5-7-17(14(13)2)25-12-20(22)26-11-16(21)15-8-9-18(23-3)19(10-15)24-4/h5-10H,11-12H2,1-4H3. The van der Waals surface area contributed by atoms with E-state index in [9.17, 15) is 9.59 Å². The average Bonchev–Trinajstić information content (AvgIpc) is 2.66. The number of hydrogen-bond acceptors (Lipinski definition) is 6. The Hall–Kier alpha value is -3.02. The molecule has 26 heavy (non-hydrogen) atoms. The Balaban J connectivity index is 1.89. The molecule has 0 aliphatic rings. The second kappa shape index (κ2) is 8.89. The van der Waals surface area contributed by atoms with E-state index in [1.807, 2.05) is 26.0 Å². The highest BCUT2D eigenvalue weighted by Gasteiger charge is 2.14. The van der Waals surface area contributed by atoms with Crippen molar-refractivity contribution in [3.05, 3.63) is 53.1 Å².